The van der Waals surface area contributed by atoms with Crippen LogP contribution in [0.15, 0.2) is 18.2 Å². The zero-order valence-corrected chi connectivity index (χ0v) is 10.1. The van der Waals surface area contributed by atoms with Crippen LogP contribution in [0.2, 0.25) is 0 Å². The monoisotopic (exact) mass is 259 g/mol. The number of carboxylic acids is 1. The molecule has 4 nitrogen and oxygen atoms in total. The smallest absolute Gasteiger partial charge is 0.323 e. The van der Waals surface area contributed by atoms with E-state index >= 15 is 0 Å². The molecule has 1 aromatic rings. The second kappa shape index (κ2) is 5.30. The van der Waals surface area contributed by atoms with E-state index in [1.807, 2.05) is 0 Å². The van der Waals surface area contributed by atoms with Crippen molar-refractivity contribution in [2.75, 3.05) is 0 Å². The van der Waals surface area contributed by atoms with E-state index in [0.29, 0.717) is 0 Å². The fourth-order valence-corrected chi connectivity index (χ4v) is 1.56. The van der Waals surface area contributed by atoms with Crippen LogP contribution in [0.5, 0.6) is 5.75 Å². The molecule has 0 saturated carbocycles. The summed E-state index contributed by atoms with van der Waals surface area (Å²) in [6.45, 7) is 2.93. The van der Waals surface area contributed by atoms with Gasteiger partial charge >= 0.3 is 5.97 Å². The summed E-state index contributed by atoms with van der Waals surface area (Å²) in [7, 11) is 0. The predicted molar refractivity (Wildman–Crippen MR) is 61.3 cm³/mol. The normalized spacial score (nSPS) is 15.8. The van der Waals surface area contributed by atoms with E-state index in [9.17, 15) is 13.6 Å². The Morgan fingerprint density at radius 3 is 2.39 bits per heavy atom. The van der Waals surface area contributed by atoms with E-state index < -0.39 is 29.2 Å². The number of nitrogens with two attached hydrogens (primary N) is 1. The van der Waals surface area contributed by atoms with Gasteiger partial charge < -0.3 is 15.6 Å². The number of rotatable bonds is 5. The van der Waals surface area contributed by atoms with E-state index in [2.05, 4.69) is 0 Å². The molecule has 0 aliphatic heterocycles. The molecule has 1 aromatic carbocycles. The van der Waals surface area contributed by atoms with Crippen molar-refractivity contribution in [3.05, 3.63) is 29.8 Å². The highest BCUT2D eigenvalue weighted by atomic mass is 19.1. The van der Waals surface area contributed by atoms with E-state index in [1.54, 1.807) is 6.92 Å². The summed E-state index contributed by atoms with van der Waals surface area (Å²) < 4.78 is 31.1. The van der Waals surface area contributed by atoms with Gasteiger partial charge in [-0.05, 0) is 13.8 Å². The van der Waals surface area contributed by atoms with Crippen LogP contribution in [0.1, 0.15) is 20.3 Å². The minimum absolute atomic E-state index is 0.00110. The maximum absolute atomic E-state index is 12.9. The molecule has 0 aliphatic rings. The largest absolute Gasteiger partial charge is 0.490 e. The van der Waals surface area contributed by atoms with Crippen molar-refractivity contribution < 1.29 is 23.4 Å². The molecule has 0 bridgehead atoms. The molecular weight excluding hydrogens is 244 g/mol. The first-order chi connectivity index (χ1) is 8.20. The van der Waals surface area contributed by atoms with Gasteiger partial charge in [0.15, 0.2) is 0 Å². The quantitative estimate of drug-likeness (QED) is 0.847. The maximum atomic E-state index is 12.9. The van der Waals surface area contributed by atoms with Crippen molar-refractivity contribution in [1.29, 1.82) is 0 Å². The van der Waals surface area contributed by atoms with Gasteiger partial charge in [-0.25, -0.2) is 8.78 Å². The van der Waals surface area contributed by atoms with Gasteiger partial charge in [-0.1, -0.05) is 0 Å². The van der Waals surface area contributed by atoms with Crippen molar-refractivity contribution >= 4 is 5.97 Å². The summed E-state index contributed by atoms with van der Waals surface area (Å²) >= 11 is 0. The molecule has 0 radical (unpaired) electrons. The fraction of sp³-hybridized carbons (Fsp3) is 0.417. The zero-order valence-electron chi connectivity index (χ0n) is 10.1. The third-order valence-corrected chi connectivity index (χ3v) is 2.37. The Labute approximate surface area is 103 Å². The minimum Gasteiger partial charge on any atom is -0.490 e. The van der Waals surface area contributed by atoms with Gasteiger partial charge in [0.25, 0.3) is 0 Å². The molecule has 2 atom stereocenters. The second-order valence-corrected chi connectivity index (χ2v) is 4.46. The molecule has 0 aliphatic carbocycles. The summed E-state index contributed by atoms with van der Waals surface area (Å²) in [6, 6.07) is 2.77. The molecule has 100 valence electrons. The number of hydrogen-bond donors (Lipinski definition) is 2. The van der Waals surface area contributed by atoms with Crippen LogP contribution in [0.4, 0.5) is 8.78 Å². The Hall–Kier alpha value is -1.69. The summed E-state index contributed by atoms with van der Waals surface area (Å²) in [4.78, 5) is 10.8. The Morgan fingerprint density at radius 1 is 1.44 bits per heavy atom. The highest BCUT2D eigenvalue weighted by Crippen LogP contribution is 2.19. The summed E-state index contributed by atoms with van der Waals surface area (Å²) in [5.41, 5.74) is 4.09. The van der Waals surface area contributed by atoms with Gasteiger partial charge in [-0.2, -0.15) is 0 Å². The lowest BCUT2D eigenvalue weighted by Crippen LogP contribution is -2.47. The van der Waals surface area contributed by atoms with Crippen LogP contribution in [0.3, 0.4) is 0 Å². The first-order valence-electron chi connectivity index (χ1n) is 5.36. The fourth-order valence-electron chi connectivity index (χ4n) is 1.56. The molecule has 0 amide bonds. The number of carbonyl (C=O) groups is 1. The maximum Gasteiger partial charge on any atom is 0.323 e. The van der Waals surface area contributed by atoms with Crippen molar-refractivity contribution in [3.63, 3.8) is 0 Å². The van der Waals surface area contributed by atoms with Crippen LogP contribution >= 0.6 is 0 Å². The van der Waals surface area contributed by atoms with Gasteiger partial charge in [0.05, 0.1) is 6.10 Å². The van der Waals surface area contributed by atoms with Crippen LogP contribution in [0, 0.1) is 11.6 Å². The third-order valence-electron chi connectivity index (χ3n) is 2.37. The lowest BCUT2D eigenvalue weighted by molar-refractivity contribution is -0.143. The molecule has 0 saturated heterocycles. The van der Waals surface area contributed by atoms with Crippen LogP contribution in [-0.2, 0) is 4.79 Å². The summed E-state index contributed by atoms with van der Waals surface area (Å²) in [6.07, 6.45) is -0.571. The number of ether oxygens (including phenoxy) is 1. The van der Waals surface area contributed by atoms with E-state index in [0.717, 1.165) is 18.2 Å². The molecule has 0 heterocycles. The lowest BCUT2D eigenvalue weighted by Gasteiger charge is -2.24. The number of benzene rings is 1. The Kier molecular flexibility index (Phi) is 4.24. The second-order valence-electron chi connectivity index (χ2n) is 4.46. The average molecular weight is 259 g/mol. The highest BCUT2D eigenvalue weighted by molar-refractivity contribution is 5.77. The van der Waals surface area contributed by atoms with Crippen molar-refractivity contribution in [2.45, 2.75) is 31.9 Å². The molecule has 6 heteroatoms. The molecule has 18 heavy (non-hydrogen) atoms. The summed E-state index contributed by atoms with van der Waals surface area (Å²) in [5, 5.41) is 8.84. The van der Waals surface area contributed by atoms with Gasteiger partial charge in [0.2, 0.25) is 0 Å². The molecule has 0 fully saturated rings. The van der Waals surface area contributed by atoms with Gasteiger partial charge in [0.1, 0.15) is 22.9 Å². The molecule has 2 unspecified atom stereocenters. The van der Waals surface area contributed by atoms with Crippen molar-refractivity contribution in [1.82, 2.24) is 0 Å². The van der Waals surface area contributed by atoms with E-state index in [4.69, 9.17) is 15.6 Å². The molecule has 3 N–H and O–H groups in total. The predicted octanol–water partition coefficient (Wildman–Crippen LogP) is 1.92. The SMILES string of the molecule is CC(CC(C)(N)C(=O)O)Oc1cc(F)cc(F)c1. The van der Waals surface area contributed by atoms with Gasteiger partial charge in [0, 0.05) is 24.6 Å². The first-order valence-corrected chi connectivity index (χ1v) is 5.36. The summed E-state index contributed by atoms with van der Waals surface area (Å²) in [5.74, 6) is -2.68. The standard InChI is InChI=1S/C12H15F2NO3/c1-7(6-12(2,15)11(16)17)18-10-4-8(13)3-9(14)5-10/h3-5,7H,6,15H2,1-2H3,(H,16,17). The minimum atomic E-state index is -1.45. The number of carboxylic acid groups (broad SMARTS) is 1. The van der Waals surface area contributed by atoms with Crippen LogP contribution < -0.4 is 10.5 Å². The average Bonchev–Trinajstić information content (AvgIpc) is 2.13. The highest BCUT2D eigenvalue weighted by Gasteiger charge is 2.30. The molecule has 0 aromatic heterocycles. The number of hydrogen-bond acceptors (Lipinski definition) is 3. The van der Waals surface area contributed by atoms with Crippen molar-refractivity contribution in [3.8, 4) is 5.75 Å². The van der Waals surface area contributed by atoms with Crippen molar-refractivity contribution in [2.24, 2.45) is 5.73 Å². The van der Waals surface area contributed by atoms with Gasteiger partial charge in [-0.3, -0.25) is 4.79 Å². The Balaban J connectivity index is 2.70. The number of halogens is 2. The molecule has 0 spiro atoms. The Bertz CT molecular complexity index is 429. The van der Waals surface area contributed by atoms with Crippen LogP contribution in [0.25, 0.3) is 0 Å². The van der Waals surface area contributed by atoms with E-state index in [-0.39, 0.29) is 12.2 Å². The topological polar surface area (TPSA) is 72.6 Å². The Morgan fingerprint density at radius 2 is 1.94 bits per heavy atom. The van der Waals surface area contributed by atoms with E-state index in [1.165, 1.54) is 6.92 Å². The van der Waals surface area contributed by atoms with Crippen LogP contribution in [-0.4, -0.2) is 22.7 Å². The lowest BCUT2D eigenvalue weighted by atomic mass is 9.96. The van der Waals surface area contributed by atoms with Gasteiger partial charge in [-0.15, -0.1) is 0 Å². The number of aliphatic carboxylic acids is 1. The zero-order chi connectivity index (χ0) is 13.9. The third kappa shape index (κ3) is 3.96. The molecular formula is C12H15F2NO3. The molecule has 1 rings (SSSR count). The first kappa shape index (κ1) is 14.4.